The second-order valence-electron chi connectivity index (χ2n) is 5.81. The fourth-order valence-electron chi connectivity index (χ4n) is 2.26. The van der Waals surface area contributed by atoms with Crippen molar-refractivity contribution in [2.75, 3.05) is 18.4 Å². The van der Waals surface area contributed by atoms with Gasteiger partial charge in [0.25, 0.3) is 0 Å². The number of rotatable bonds is 8. The van der Waals surface area contributed by atoms with Crippen LogP contribution in [0.2, 0.25) is 10.0 Å². The van der Waals surface area contributed by atoms with E-state index < -0.39 is 11.9 Å². The largest absolute Gasteiger partial charge is 0.422 e. The van der Waals surface area contributed by atoms with Gasteiger partial charge in [0.15, 0.2) is 11.5 Å². The van der Waals surface area contributed by atoms with Crippen LogP contribution in [0.15, 0.2) is 36.4 Å². The highest BCUT2D eigenvalue weighted by Crippen LogP contribution is 2.30. The minimum Gasteiger partial charge on any atom is -0.422 e. The van der Waals surface area contributed by atoms with Crippen molar-refractivity contribution < 1.29 is 23.9 Å². The Labute approximate surface area is 177 Å². The highest BCUT2D eigenvalue weighted by Gasteiger charge is 2.14. The number of ether oxygens (including phenoxy) is 2. The number of carbonyl (C=O) groups excluding carboxylic acids is 3. The summed E-state index contributed by atoms with van der Waals surface area (Å²) in [4.78, 5) is 35.1. The van der Waals surface area contributed by atoms with Crippen molar-refractivity contribution in [3.05, 3.63) is 52.0 Å². The highest BCUT2D eigenvalue weighted by molar-refractivity contribution is 6.36. The van der Waals surface area contributed by atoms with Crippen LogP contribution >= 0.6 is 23.2 Å². The van der Waals surface area contributed by atoms with Gasteiger partial charge in [-0.25, -0.2) is 0 Å². The Morgan fingerprint density at radius 1 is 0.897 bits per heavy atom. The summed E-state index contributed by atoms with van der Waals surface area (Å²) in [6.45, 7) is -0.682. The number of amides is 1. The van der Waals surface area contributed by atoms with E-state index in [0.717, 1.165) is 0 Å². The zero-order valence-electron chi connectivity index (χ0n) is 15.2. The molecule has 0 fully saturated rings. The molecule has 0 heterocycles. The number of halogens is 2. The normalized spacial score (nSPS) is 10.3. The maximum atomic E-state index is 12.2. The smallest absolute Gasteiger partial charge is 0.325 e. The Hall–Kier alpha value is -2.65. The van der Waals surface area contributed by atoms with Gasteiger partial charge in [-0.2, -0.15) is 0 Å². The number of carbonyl (C=O) groups is 3. The van der Waals surface area contributed by atoms with Crippen LogP contribution in [-0.2, 0) is 20.8 Å². The average Bonchev–Trinajstić information content (AvgIpc) is 2.69. The predicted octanol–water partition coefficient (Wildman–Crippen LogP) is 2.29. The summed E-state index contributed by atoms with van der Waals surface area (Å²) in [6, 6.07) is 9.33. The number of nitrogens with two attached hydrogens (primary N) is 2. The molecule has 154 valence electrons. The molecule has 0 aliphatic heterocycles. The van der Waals surface area contributed by atoms with Crippen LogP contribution in [0.1, 0.15) is 12.0 Å². The molecular weight excluding hydrogens is 421 g/mol. The first-order valence-corrected chi connectivity index (χ1v) is 9.27. The monoisotopic (exact) mass is 439 g/mol. The Morgan fingerprint density at radius 2 is 1.55 bits per heavy atom. The molecule has 0 aromatic heterocycles. The molecule has 29 heavy (non-hydrogen) atoms. The summed E-state index contributed by atoms with van der Waals surface area (Å²) in [6.07, 6.45) is 0.459. The molecule has 0 unspecified atom stereocenters. The first-order valence-electron chi connectivity index (χ1n) is 8.51. The van der Waals surface area contributed by atoms with E-state index >= 15 is 0 Å². The van der Waals surface area contributed by atoms with Crippen molar-refractivity contribution in [2.45, 2.75) is 12.8 Å². The van der Waals surface area contributed by atoms with Crippen molar-refractivity contribution in [3.8, 4) is 11.5 Å². The Bertz CT molecular complexity index is 921. The fraction of sp³-hybridized carbons (Fsp3) is 0.211. The van der Waals surface area contributed by atoms with Crippen LogP contribution in [0.3, 0.4) is 0 Å². The number of esters is 2. The zero-order chi connectivity index (χ0) is 21.4. The molecular formula is C19H19Cl2N3O5. The van der Waals surface area contributed by atoms with Gasteiger partial charge in [0.2, 0.25) is 5.91 Å². The van der Waals surface area contributed by atoms with Gasteiger partial charge < -0.3 is 26.3 Å². The fourth-order valence-corrected chi connectivity index (χ4v) is 2.72. The van der Waals surface area contributed by atoms with Crippen LogP contribution in [0.25, 0.3) is 0 Å². The second kappa shape index (κ2) is 10.8. The molecule has 5 N–H and O–H groups in total. The Kier molecular flexibility index (Phi) is 8.41. The molecule has 0 saturated carbocycles. The first-order chi connectivity index (χ1) is 13.8. The summed E-state index contributed by atoms with van der Waals surface area (Å²) >= 11 is 11.9. The Balaban J connectivity index is 2.07. The average molecular weight is 440 g/mol. The quantitative estimate of drug-likeness (QED) is 0.424. The van der Waals surface area contributed by atoms with Crippen molar-refractivity contribution in [2.24, 2.45) is 11.5 Å². The molecule has 1 amide bonds. The van der Waals surface area contributed by atoms with E-state index in [0.29, 0.717) is 27.7 Å². The lowest BCUT2D eigenvalue weighted by Gasteiger charge is -2.12. The van der Waals surface area contributed by atoms with Gasteiger partial charge in [-0.1, -0.05) is 29.3 Å². The van der Waals surface area contributed by atoms with Crippen molar-refractivity contribution >= 4 is 46.7 Å². The summed E-state index contributed by atoms with van der Waals surface area (Å²) in [5, 5.41) is 3.48. The maximum absolute atomic E-state index is 12.2. The molecule has 0 spiro atoms. The molecule has 2 aromatic carbocycles. The highest BCUT2D eigenvalue weighted by atomic mass is 35.5. The minimum atomic E-state index is -0.706. The first kappa shape index (κ1) is 22.6. The van der Waals surface area contributed by atoms with E-state index in [-0.39, 0.29) is 36.9 Å². The maximum Gasteiger partial charge on any atom is 0.325 e. The standard InChI is InChI=1S/C19H19Cl2N3O5/c20-12-3-4-14(13(21)8-12)24-17(25)6-2-11-1-5-15(28-18(26)9-22)16(7-11)29-19(27)10-23/h1,3-5,7-8H,2,6,9-10,22-23H2,(H,24,25). The summed E-state index contributed by atoms with van der Waals surface area (Å²) in [7, 11) is 0. The number of nitrogens with one attached hydrogen (secondary N) is 1. The van der Waals surface area contributed by atoms with Gasteiger partial charge in [-0.05, 0) is 42.3 Å². The zero-order valence-corrected chi connectivity index (χ0v) is 16.8. The summed E-state index contributed by atoms with van der Waals surface area (Å²) in [5.74, 6) is -1.62. The Morgan fingerprint density at radius 3 is 2.17 bits per heavy atom. The summed E-state index contributed by atoms with van der Waals surface area (Å²) in [5.41, 5.74) is 11.6. The molecule has 0 radical (unpaired) electrons. The van der Waals surface area contributed by atoms with E-state index in [1.807, 2.05) is 0 Å². The molecule has 0 aliphatic carbocycles. The molecule has 0 aliphatic rings. The molecule has 10 heteroatoms. The van der Waals surface area contributed by atoms with Crippen LogP contribution < -0.4 is 26.3 Å². The van der Waals surface area contributed by atoms with E-state index in [2.05, 4.69) is 5.32 Å². The lowest BCUT2D eigenvalue weighted by atomic mass is 10.1. The number of anilines is 1. The third kappa shape index (κ3) is 7.03. The third-order valence-corrected chi connectivity index (χ3v) is 4.18. The number of hydrogen-bond donors (Lipinski definition) is 3. The molecule has 8 nitrogen and oxygen atoms in total. The van der Waals surface area contributed by atoms with Gasteiger partial charge in [0.1, 0.15) is 0 Å². The van der Waals surface area contributed by atoms with Crippen molar-refractivity contribution in [3.63, 3.8) is 0 Å². The molecule has 2 aromatic rings. The van der Waals surface area contributed by atoms with Gasteiger partial charge in [-0.15, -0.1) is 0 Å². The SMILES string of the molecule is NCC(=O)Oc1ccc(CCC(=O)Nc2ccc(Cl)cc2Cl)cc1OC(=O)CN. The molecule has 0 bridgehead atoms. The second-order valence-corrected chi connectivity index (χ2v) is 6.65. The van der Waals surface area contributed by atoms with E-state index in [9.17, 15) is 14.4 Å². The van der Waals surface area contributed by atoms with Crippen LogP contribution in [-0.4, -0.2) is 30.9 Å². The van der Waals surface area contributed by atoms with Gasteiger partial charge >= 0.3 is 11.9 Å². The lowest BCUT2D eigenvalue weighted by Crippen LogP contribution is -2.22. The van der Waals surface area contributed by atoms with Gasteiger partial charge in [0.05, 0.1) is 23.8 Å². The van der Waals surface area contributed by atoms with Gasteiger partial charge in [0, 0.05) is 11.4 Å². The van der Waals surface area contributed by atoms with Crippen molar-refractivity contribution in [1.29, 1.82) is 0 Å². The molecule has 0 saturated heterocycles. The van der Waals surface area contributed by atoms with Gasteiger partial charge in [-0.3, -0.25) is 14.4 Å². The third-order valence-electron chi connectivity index (χ3n) is 3.64. The van der Waals surface area contributed by atoms with E-state index in [1.165, 1.54) is 18.2 Å². The van der Waals surface area contributed by atoms with E-state index in [4.69, 9.17) is 44.1 Å². The van der Waals surface area contributed by atoms with Crippen molar-refractivity contribution in [1.82, 2.24) is 0 Å². The molecule has 2 rings (SSSR count). The topological polar surface area (TPSA) is 134 Å². The minimum absolute atomic E-state index is 0.0147. The number of aryl methyl sites for hydroxylation is 1. The van der Waals surface area contributed by atoms with E-state index in [1.54, 1.807) is 18.2 Å². The van der Waals surface area contributed by atoms with Crippen LogP contribution in [0, 0.1) is 0 Å². The van der Waals surface area contributed by atoms with Crippen LogP contribution in [0.5, 0.6) is 11.5 Å². The lowest BCUT2D eigenvalue weighted by molar-refractivity contribution is -0.135. The molecule has 0 atom stereocenters. The predicted molar refractivity (Wildman–Crippen MR) is 109 cm³/mol. The summed E-state index contributed by atoms with van der Waals surface area (Å²) < 4.78 is 10.1. The number of hydrogen-bond acceptors (Lipinski definition) is 7. The van der Waals surface area contributed by atoms with Crippen LogP contribution in [0.4, 0.5) is 5.69 Å². The number of benzene rings is 2.